The molecule has 3 heterocycles. The van der Waals surface area contributed by atoms with Gasteiger partial charge < -0.3 is 15.1 Å². The number of benzene rings is 1. The number of nitrogens with zero attached hydrogens (tertiary/aromatic N) is 2. The molecule has 2 amide bonds. The van der Waals surface area contributed by atoms with Crippen molar-refractivity contribution < 1.29 is 9.59 Å². The average molecular weight is 364 g/mol. The van der Waals surface area contributed by atoms with E-state index in [2.05, 4.69) is 5.32 Å². The van der Waals surface area contributed by atoms with E-state index in [-0.39, 0.29) is 30.3 Å². The normalized spacial score (nSPS) is 27.9. The van der Waals surface area contributed by atoms with Gasteiger partial charge in [0.1, 0.15) is 6.04 Å². The van der Waals surface area contributed by atoms with Gasteiger partial charge in [-0.1, -0.05) is 30.3 Å². The van der Waals surface area contributed by atoms with Crippen LogP contribution in [0.5, 0.6) is 0 Å². The van der Waals surface area contributed by atoms with Gasteiger partial charge in [0, 0.05) is 32.7 Å². The highest BCUT2D eigenvalue weighted by molar-refractivity contribution is 5.89. The summed E-state index contributed by atoms with van der Waals surface area (Å²) in [6.45, 7) is 4.47. The summed E-state index contributed by atoms with van der Waals surface area (Å²) >= 11 is 0. The quantitative estimate of drug-likeness (QED) is 0.881. The van der Waals surface area contributed by atoms with Crippen LogP contribution in [0.25, 0.3) is 0 Å². The van der Waals surface area contributed by atoms with Gasteiger partial charge in [-0.3, -0.25) is 9.59 Å². The van der Waals surface area contributed by atoms with Crippen molar-refractivity contribution in [2.45, 2.75) is 25.3 Å². The smallest absolute Gasteiger partial charge is 0.245 e. The molecule has 1 aromatic carbocycles. The summed E-state index contributed by atoms with van der Waals surface area (Å²) in [5, 5.41) is 3.41. The van der Waals surface area contributed by atoms with Crippen molar-refractivity contribution in [3.63, 3.8) is 0 Å². The lowest BCUT2D eigenvalue weighted by Crippen LogP contribution is -2.48. The van der Waals surface area contributed by atoms with Gasteiger partial charge in [0.25, 0.3) is 0 Å². The van der Waals surface area contributed by atoms with Crippen molar-refractivity contribution in [3.8, 4) is 0 Å². The Bertz CT molecular complexity index is 612. The van der Waals surface area contributed by atoms with Crippen molar-refractivity contribution in [2.75, 3.05) is 32.7 Å². The molecule has 3 aliphatic rings. The van der Waals surface area contributed by atoms with Crippen LogP contribution < -0.4 is 5.32 Å². The number of nitrogens with one attached hydrogen (secondary N) is 1. The van der Waals surface area contributed by atoms with Gasteiger partial charge in [0.05, 0.1) is 6.42 Å². The highest BCUT2D eigenvalue weighted by Crippen LogP contribution is 2.29. The zero-order valence-electron chi connectivity index (χ0n) is 14.4. The minimum Gasteiger partial charge on any atom is -0.340 e. The molecule has 5 nitrogen and oxygen atoms in total. The van der Waals surface area contributed by atoms with Gasteiger partial charge in [-0.25, -0.2) is 0 Å². The molecule has 0 spiro atoms. The molecule has 6 heteroatoms. The molecule has 1 aromatic rings. The molecule has 136 valence electrons. The van der Waals surface area contributed by atoms with E-state index >= 15 is 0 Å². The first-order chi connectivity index (χ1) is 11.7. The Hall–Kier alpha value is -1.59. The third-order valence-electron chi connectivity index (χ3n) is 5.76. The van der Waals surface area contributed by atoms with Crippen molar-refractivity contribution in [1.82, 2.24) is 15.1 Å². The largest absolute Gasteiger partial charge is 0.340 e. The zero-order chi connectivity index (χ0) is 16.5. The van der Waals surface area contributed by atoms with Crippen LogP contribution in [0.15, 0.2) is 30.3 Å². The highest BCUT2D eigenvalue weighted by atomic mass is 35.5. The standard InChI is InChI=1S/C19H25N3O2.ClH/c23-18(9-14-5-2-1-3-6-14)22-8-4-7-17(22)19(24)21-12-15-10-20-11-16(15)13-21;/h1-3,5-6,15-17,20H,4,7-13H2;1H/t15-,16+,17?;. The molecule has 0 aromatic heterocycles. The first kappa shape index (κ1) is 18.2. The van der Waals surface area contributed by atoms with Gasteiger partial charge >= 0.3 is 0 Å². The van der Waals surface area contributed by atoms with E-state index in [1.165, 1.54) is 0 Å². The Balaban J connectivity index is 0.00000182. The molecule has 4 rings (SSSR count). The molecule has 3 aliphatic heterocycles. The maximum absolute atomic E-state index is 13.0. The Morgan fingerprint density at radius 2 is 1.76 bits per heavy atom. The van der Waals surface area contributed by atoms with E-state index in [0.717, 1.165) is 44.6 Å². The Morgan fingerprint density at radius 3 is 2.44 bits per heavy atom. The van der Waals surface area contributed by atoms with Gasteiger partial charge in [-0.2, -0.15) is 0 Å². The Labute approximate surface area is 155 Å². The summed E-state index contributed by atoms with van der Waals surface area (Å²) in [7, 11) is 0. The van der Waals surface area contributed by atoms with Crippen LogP contribution in [0.4, 0.5) is 0 Å². The van der Waals surface area contributed by atoms with Crippen LogP contribution in [0.1, 0.15) is 18.4 Å². The minimum atomic E-state index is -0.243. The number of rotatable bonds is 3. The average Bonchev–Trinajstić information content (AvgIpc) is 3.30. The third-order valence-corrected chi connectivity index (χ3v) is 5.76. The van der Waals surface area contributed by atoms with Crippen molar-refractivity contribution in [1.29, 1.82) is 0 Å². The maximum Gasteiger partial charge on any atom is 0.245 e. The molecule has 3 saturated heterocycles. The van der Waals surface area contributed by atoms with Gasteiger partial charge in [0.15, 0.2) is 0 Å². The van der Waals surface area contributed by atoms with Crippen molar-refractivity contribution in [2.24, 2.45) is 11.8 Å². The van der Waals surface area contributed by atoms with E-state index in [0.29, 0.717) is 24.8 Å². The summed E-state index contributed by atoms with van der Waals surface area (Å²) in [5.41, 5.74) is 1.02. The van der Waals surface area contributed by atoms with E-state index < -0.39 is 0 Å². The molecule has 25 heavy (non-hydrogen) atoms. The number of hydrogen-bond acceptors (Lipinski definition) is 3. The van der Waals surface area contributed by atoms with E-state index in [1.807, 2.05) is 40.1 Å². The molecule has 0 aliphatic carbocycles. The van der Waals surface area contributed by atoms with E-state index in [1.54, 1.807) is 0 Å². The van der Waals surface area contributed by atoms with Crippen molar-refractivity contribution >= 4 is 24.2 Å². The third kappa shape index (κ3) is 3.67. The second kappa shape index (κ2) is 7.75. The second-order valence-electron chi connectivity index (χ2n) is 7.33. The van der Waals surface area contributed by atoms with Crippen molar-refractivity contribution in [3.05, 3.63) is 35.9 Å². The molecule has 1 unspecified atom stereocenters. The molecular formula is C19H26ClN3O2. The van der Waals surface area contributed by atoms with Gasteiger partial charge in [-0.15, -0.1) is 12.4 Å². The maximum atomic E-state index is 13.0. The van der Waals surface area contributed by atoms with E-state index in [9.17, 15) is 9.59 Å². The van der Waals surface area contributed by atoms with Crippen LogP contribution in [0, 0.1) is 11.8 Å². The van der Waals surface area contributed by atoms with Crippen LogP contribution in [0.3, 0.4) is 0 Å². The number of carbonyl (C=O) groups is 2. The summed E-state index contributed by atoms with van der Waals surface area (Å²) in [6, 6.07) is 9.56. The summed E-state index contributed by atoms with van der Waals surface area (Å²) in [4.78, 5) is 29.5. The molecule has 0 bridgehead atoms. The minimum absolute atomic E-state index is 0. The SMILES string of the molecule is Cl.O=C(C1CCCN1C(=O)Cc1ccccc1)N1C[C@H]2CNC[C@H]2C1. The number of fused-ring (bicyclic) bond motifs is 1. The number of halogens is 1. The summed E-state index contributed by atoms with van der Waals surface area (Å²) in [5.74, 6) is 1.45. The number of amides is 2. The fraction of sp³-hybridized carbons (Fsp3) is 0.579. The van der Waals surface area contributed by atoms with Crippen LogP contribution in [-0.2, 0) is 16.0 Å². The predicted molar refractivity (Wildman–Crippen MR) is 98.6 cm³/mol. The van der Waals surface area contributed by atoms with Crippen LogP contribution >= 0.6 is 12.4 Å². The zero-order valence-corrected chi connectivity index (χ0v) is 15.2. The Kier molecular flexibility index (Phi) is 5.64. The fourth-order valence-electron chi connectivity index (χ4n) is 4.44. The first-order valence-electron chi connectivity index (χ1n) is 9.05. The number of carbonyl (C=O) groups excluding carboxylic acids is 2. The lowest BCUT2D eigenvalue weighted by molar-refractivity contribution is -0.143. The molecule has 3 fully saturated rings. The molecule has 3 atom stereocenters. The lowest BCUT2D eigenvalue weighted by atomic mass is 10.0. The number of likely N-dealkylation sites (tertiary alicyclic amines) is 2. The predicted octanol–water partition coefficient (Wildman–Crippen LogP) is 1.32. The number of hydrogen-bond donors (Lipinski definition) is 1. The topological polar surface area (TPSA) is 52.7 Å². The summed E-state index contributed by atoms with van der Waals surface area (Å²) in [6.07, 6.45) is 2.13. The fourth-order valence-corrected chi connectivity index (χ4v) is 4.44. The van der Waals surface area contributed by atoms with E-state index in [4.69, 9.17) is 0 Å². The highest BCUT2D eigenvalue weighted by Gasteiger charge is 2.42. The monoisotopic (exact) mass is 363 g/mol. The molecule has 0 saturated carbocycles. The first-order valence-corrected chi connectivity index (χ1v) is 9.05. The summed E-state index contributed by atoms with van der Waals surface area (Å²) < 4.78 is 0. The molecular weight excluding hydrogens is 338 g/mol. The molecule has 0 radical (unpaired) electrons. The molecule has 1 N–H and O–H groups in total. The van der Waals surface area contributed by atoms with Gasteiger partial charge in [-0.05, 0) is 30.2 Å². The van der Waals surface area contributed by atoms with Crippen LogP contribution in [-0.4, -0.2) is 60.4 Å². The van der Waals surface area contributed by atoms with Crippen LogP contribution in [0.2, 0.25) is 0 Å². The second-order valence-corrected chi connectivity index (χ2v) is 7.33. The Morgan fingerprint density at radius 1 is 1.08 bits per heavy atom. The lowest BCUT2D eigenvalue weighted by Gasteiger charge is -2.28. The van der Waals surface area contributed by atoms with Gasteiger partial charge in [0.2, 0.25) is 11.8 Å².